The monoisotopic (exact) mass is 224 g/mol. The van der Waals surface area contributed by atoms with E-state index in [0.717, 1.165) is 0 Å². The Kier molecular flexibility index (Phi) is 4.17. The second-order valence-electron chi connectivity index (χ2n) is 2.92. The third-order valence-electron chi connectivity index (χ3n) is 1.83. The fourth-order valence-corrected chi connectivity index (χ4v) is 1.17. The molecule has 0 unspecified atom stereocenters. The summed E-state index contributed by atoms with van der Waals surface area (Å²) in [6.07, 6.45) is 0. The van der Waals surface area contributed by atoms with E-state index in [1.165, 1.54) is 12.1 Å². The Morgan fingerprint density at radius 3 is 2.20 bits per heavy atom. The van der Waals surface area contributed by atoms with Gasteiger partial charge in [-0.1, -0.05) is 0 Å². The van der Waals surface area contributed by atoms with Crippen LogP contribution in [0, 0.1) is 0 Å². The van der Waals surface area contributed by atoms with Crippen molar-refractivity contribution in [3.05, 3.63) is 35.4 Å². The smallest absolute Gasteiger partial charge is 0.251 e. The number of nitrogens with one attached hydrogen (secondary N) is 1. The minimum Gasteiger partial charge on any atom is -0.366 e. The molecule has 4 nitrogen and oxygen atoms in total. The van der Waals surface area contributed by atoms with E-state index in [2.05, 4.69) is 17.9 Å². The molecule has 0 heterocycles. The Balaban J connectivity index is 2.71. The van der Waals surface area contributed by atoms with Crippen LogP contribution in [0.1, 0.15) is 20.7 Å². The summed E-state index contributed by atoms with van der Waals surface area (Å²) < 4.78 is 0. The van der Waals surface area contributed by atoms with Crippen LogP contribution in [0.25, 0.3) is 0 Å². The van der Waals surface area contributed by atoms with Crippen LogP contribution in [0.3, 0.4) is 0 Å². The van der Waals surface area contributed by atoms with Crippen molar-refractivity contribution in [2.45, 2.75) is 0 Å². The van der Waals surface area contributed by atoms with Crippen molar-refractivity contribution in [2.75, 3.05) is 12.3 Å². The van der Waals surface area contributed by atoms with Crippen LogP contribution < -0.4 is 11.1 Å². The van der Waals surface area contributed by atoms with E-state index in [1.807, 2.05) is 0 Å². The molecule has 0 saturated carbocycles. The molecular weight excluding hydrogens is 212 g/mol. The highest BCUT2D eigenvalue weighted by atomic mass is 32.1. The Morgan fingerprint density at radius 1 is 1.20 bits per heavy atom. The van der Waals surface area contributed by atoms with Crippen molar-refractivity contribution in [2.24, 2.45) is 5.73 Å². The zero-order chi connectivity index (χ0) is 11.3. The third kappa shape index (κ3) is 3.28. The molecule has 1 aromatic carbocycles. The summed E-state index contributed by atoms with van der Waals surface area (Å²) in [6.45, 7) is 0.513. The molecule has 0 aliphatic heterocycles. The first-order valence-electron chi connectivity index (χ1n) is 4.44. The first-order chi connectivity index (χ1) is 7.15. The maximum atomic E-state index is 11.4. The molecule has 3 N–H and O–H groups in total. The molecule has 0 aliphatic carbocycles. The fraction of sp³-hybridized carbons (Fsp3) is 0.200. The highest BCUT2D eigenvalue weighted by Crippen LogP contribution is 2.03. The summed E-state index contributed by atoms with van der Waals surface area (Å²) in [5.74, 6) is -0.0946. The number of amides is 2. The zero-order valence-electron chi connectivity index (χ0n) is 8.06. The Hall–Kier alpha value is -1.49. The molecule has 0 saturated heterocycles. The standard InChI is InChI=1S/C10H12N2O2S/c11-9(13)7-1-3-8(4-2-7)10(14)12-5-6-15/h1-4,15H,5-6H2,(H2,11,13)(H,12,14). The second-order valence-corrected chi connectivity index (χ2v) is 3.37. The van der Waals surface area contributed by atoms with E-state index in [9.17, 15) is 9.59 Å². The third-order valence-corrected chi connectivity index (χ3v) is 2.05. The van der Waals surface area contributed by atoms with Gasteiger partial charge in [0.15, 0.2) is 0 Å². The molecule has 0 atom stereocenters. The first kappa shape index (κ1) is 11.6. The zero-order valence-corrected chi connectivity index (χ0v) is 8.96. The fourth-order valence-electron chi connectivity index (χ4n) is 1.06. The summed E-state index contributed by atoms with van der Waals surface area (Å²) in [5.41, 5.74) is 5.96. The molecule has 0 radical (unpaired) electrons. The lowest BCUT2D eigenvalue weighted by Crippen LogP contribution is -2.25. The first-order valence-corrected chi connectivity index (χ1v) is 5.07. The maximum absolute atomic E-state index is 11.4. The van der Waals surface area contributed by atoms with Crippen LogP contribution in [-0.2, 0) is 0 Å². The molecule has 0 aromatic heterocycles. The van der Waals surface area contributed by atoms with Gasteiger partial charge in [0.2, 0.25) is 5.91 Å². The predicted molar refractivity (Wildman–Crippen MR) is 61.1 cm³/mol. The highest BCUT2D eigenvalue weighted by Gasteiger charge is 2.05. The van der Waals surface area contributed by atoms with Crippen molar-refractivity contribution in [3.63, 3.8) is 0 Å². The molecule has 1 rings (SSSR count). The van der Waals surface area contributed by atoms with Gasteiger partial charge in [-0.15, -0.1) is 0 Å². The molecule has 1 aromatic rings. The average Bonchev–Trinajstić information content (AvgIpc) is 2.26. The molecule has 0 spiro atoms. The van der Waals surface area contributed by atoms with E-state index in [-0.39, 0.29) is 5.91 Å². The van der Waals surface area contributed by atoms with Gasteiger partial charge in [-0.05, 0) is 24.3 Å². The van der Waals surface area contributed by atoms with Gasteiger partial charge in [0.05, 0.1) is 0 Å². The van der Waals surface area contributed by atoms with Crippen LogP contribution in [-0.4, -0.2) is 24.1 Å². The minimum atomic E-state index is -0.502. The molecule has 0 bridgehead atoms. The van der Waals surface area contributed by atoms with E-state index in [1.54, 1.807) is 12.1 Å². The van der Waals surface area contributed by atoms with Crippen molar-refractivity contribution >= 4 is 24.4 Å². The van der Waals surface area contributed by atoms with Crippen LogP contribution in [0.5, 0.6) is 0 Å². The molecule has 80 valence electrons. The predicted octanol–water partition coefficient (Wildman–Crippen LogP) is 0.445. The van der Waals surface area contributed by atoms with Gasteiger partial charge in [-0.3, -0.25) is 9.59 Å². The van der Waals surface area contributed by atoms with Crippen LogP contribution in [0.4, 0.5) is 0 Å². The molecule has 0 fully saturated rings. The van der Waals surface area contributed by atoms with Gasteiger partial charge < -0.3 is 11.1 Å². The normalized spacial score (nSPS) is 9.67. The summed E-state index contributed by atoms with van der Waals surface area (Å²) in [4.78, 5) is 22.2. The highest BCUT2D eigenvalue weighted by molar-refractivity contribution is 7.80. The number of thiol groups is 1. The number of hydrogen-bond acceptors (Lipinski definition) is 3. The number of nitrogens with two attached hydrogens (primary N) is 1. The Labute approximate surface area is 93.3 Å². The van der Waals surface area contributed by atoms with Gasteiger partial charge in [0.25, 0.3) is 5.91 Å². The SMILES string of the molecule is NC(=O)c1ccc(C(=O)NCCS)cc1. The number of hydrogen-bond donors (Lipinski definition) is 3. The number of carbonyl (C=O) groups is 2. The van der Waals surface area contributed by atoms with Gasteiger partial charge in [-0.25, -0.2) is 0 Å². The number of carbonyl (C=O) groups excluding carboxylic acids is 2. The van der Waals surface area contributed by atoms with Gasteiger partial charge in [-0.2, -0.15) is 12.6 Å². The van der Waals surface area contributed by atoms with E-state index >= 15 is 0 Å². The van der Waals surface area contributed by atoms with Crippen molar-refractivity contribution in [3.8, 4) is 0 Å². The Morgan fingerprint density at radius 2 is 1.73 bits per heavy atom. The molecular formula is C10H12N2O2S. The quantitative estimate of drug-likeness (QED) is 0.649. The van der Waals surface area contributed by atoms with Crippen LogP contribution in [0.15, 0.2) is 24.3 Å². The Bertz CT molecular complexity index is 362. The van der Waals surface area contributed by atoms with Gasteiger partial charge in [0, 0.05) is 23.4 Å². The summed E-state index contributed by atoms with van der Waals surface area (Å²) in [6, 6.07) is 6.18. The summed E-state index contributed by atoms with van der Waals surface area (Å²) >= 11 is 3.97. The van der Waals surface area contributed by atoms with Crippen LogP contribution >= 0.6 is 12.6 Å². The minimum absolute atomic E-state index is 0.180. The lowest BCUT2D eigenvalue weighted by Gasteiger charge is -2.03. The molecule has 2 amide bonds. The van der Waals surface area contributed by atoms with E-state index in [0.29, 0.717) is 23.4 Å². The van der Waals surface area contributed by atoms with Gasteiger partial charge >= 0.3 is 0 Å². The molecule has 15 heavy (non-hydrogen) atoms. The second kappa shape index (κ2) is 5.41. The van der Waals surface area contributed by atoms with Gasteiger partial charge in [0.1, 0.15) is 0 Å². The van der Waals surface area contributed by atoms with Crippen LogP contribution in [0.2, 0.25) is 0 Å². The number of primary amides is 1. The molecule has 0 aliphatic rings. The topological polar surface area (TPSA) is 72.2 Å². The summed E-state index contributed by atoms with van der Waals surface area (Å²) in [5, 5.41) is 2.67. The molecule has 5 heteroatoms. The number of benzene rings is 1. The largest absolute Gasteiger partial charge is 0.366 e. The van der Waals surface area contributed by atoms with Crippen molar-refractivity contribution in [1.82, 2.24) is 5.32 Å². The lowest BCUT2D eigenvalue weighted by molar-refractivity contribution is 0.0953. The van der Waals surface area contributed by atoms with E-state index < -0.39 is 5.91 Å². The number of rotatable bonds is 4. The summed E-state index contributed by atoms with van der Waals surface area (Å²) in [7, 11) is 0. The van der Waals surface area contributed by atoms with Crippen molar-refractivity contribution < 1.29 is 9.59 Å². The average molecular weight is 224 g/mol. The maximum Gasteiger partial charge on any atom is 0.251 e. The lowest BCUT2D eigenvalue weighted by atomic mass is 10.1. The van der Waals surface area contributed by atoms with Crippen molar-refractivity contribution in [1.29, 1.82) is 0 Å². The van der Waals surface area contributed by atoms with E-state index in [4.69, 9.17) is 5.73 Å².